The maximum Gasteiger partial charge on any atom is 0.243 e. The molecule has 2 unspecified atom stereocenters. The summed E-state index contributed by atoms with van der Waals surface area (Å²) in [4.78, 5) is 25.4. The lowest BCUT2D eigenvalue weighted by atomic mass is 10.0. The smallest absolute Gasteiger partial charge is 0.243 e. The van der Waals surface area contributed by atoms with E-state index in [1.54, 1.807) is 4.90 Å². The lowest BCUT2D eigenvalue weighted by Crippen LogP contribution is -2.61. The zero-order chi connectivity index (χ0) is 11.5. The van der Waals surface area contributed by atoms with Crippen LogP contribution < -0.4 is 5.32 Å². The van der Waals surface area contributed by atoms with Crippen LogP contribution in [0.15, 0.2) is 0 Å². The maximum atomic E-state index is 11.9. The Hall–Kier alpha value is -1.10. The minimum absolute atomic E-state index is 0.0200. The topological polar surface area (TPSA) is 58.6 Å². The molecule has 0 aromatic rings. The molecule has 0 aromatic heterocycles. The SMILES string of the molecule is CCCC1C(=O)NCC(=O)N1C1CCOC1. The number of nitrogens with zero attached hydrogens (tertiary/aromatic N) is 1. The third-order valence-electron chi connectivity index (χ3n) is 3.20. The molecular formula is C11H18N2O3. The largest absolute Gasteiger partial charge is 0.379 e. The van der Waals surface area contributed by atoms with Crippen molar-refractivity contribution in [3.8, 4) is 0 Å². The van der Waals surface area contributed by atoms with Gasteiger partial charge in [0.2, 0.25) is 11.8 Å². The minimum atomic E-state index is -0.294. The molecule has 0 aromatic carbocycles. The predicted octanol–water partition coefficient (Wildman–Crippen LogP) is -0.0976. The second kappa shape index (κ2) is 4.82. The highest BCUT2D eigenvalue weighted by molar-refractivity contribution is 5.95. The van der Waals surface area contributed by atoms with Gasteiger partial charge in [0, 0.05) is 6.61 Å². The number of piperazine rings is 1. The van der Waals surface area contributed by atoms with Crippen LogP contribution in [0.1, 0.15) is 26.2 Å². The highest BCUT2D eigenvalue weighted by Gasteiger charge is 2.39. The van der Waals surface area contributed by atoms with Crippen molar-refractivity contribution in [2.24, 2.45) is 0 Å². The van der Waals surface area contributed by atoms with Crippen molar-refractivity contribution in [2.45, 2.75) is 38.3 Å². The first-order valence-electron chi connectivity index (χ1n) is 5.90. The molecule has 16 heavy (non-hydrogen) atoms. The Kier molecular flexibility index (Phi) is 3.43. The molecule has 90 valence electrons. The molecule has 2 amide bonds. The lowest BCUT2D eigenvalue weighted by molar-refractivity contribution is -0.148. The fourth-order valence-corrected chi connectivity index (χ4v) is 2.42. The van der Waals surface area contributed by atoms with E-state index in [-0.39, 0.29) is 30.4 Å². The maximum absolute atomic E-state index is 11.9. The number of amides is 2. The molecule has 2 heterocycles. The first-order valence-corrected chi connectivity index (χ1v) is 5.90. The van der Waals surface area contributed by atoms with Gasteiger partial charge in [-0.2, -0.15) is 0 Å². The normalized spacial score (nSPS) is 30.7. The van der Waals surface area contributed by atoms with E-state index < -0.39 is 0 Å². The second-order valence-electron chi connectivity index (χ2n) is 4.34. The third-order valence-corrected chi connectivity index (χ3v) is 3.20. The third kappa shape index (κ3) is 2.04. The summed E-state index contributed by atoms with van der Waals surface area (Å²) in [5.41, 5.74) is 0. The molecule has 5 nitrogen and oxygen atoms in total. The Morgan fingerprint density at radius 3 is 2.94 bits per heavy atom. The molecule has 2 rings (SSSR count). The molecule has 5 heteroatoms. The van der Waals surface area contributed by atoms with Crippen LogP contribution in [0.25, 0.3) is 0 Å². The number of ether oxygens (including phenoxy) is 1. The van der Waals surface area contributed by atoms with Crippen LogP contribution in [0.4, 0.5) is 0 Å². The van der Waals surface area contributed by atoms with Gasteiger partial charge in [-0.15, -0.1) is 0 Å². The summed E-state index contributed by atoms with van der Waals surface area (Å²) >= 11 is 0. The van der Waals surface area contributed by atoms with Gasteiger partial charge in [0.1, 0.15) is 6.04 Å². The first-order chi connectivity index (χ1) is 7.74. The zero-order valence-electron chi connectivity index (χ0n) is 9.57. The van der Waals surface area contributed by atoms with E-state index in [4.69, 9.17) is 4.74 Å². The molecule has 1 N–H and O–H groups in total. The van der Waals surface area contributed by atoms with Crippen LogP contribution in [0.2, 0.25) is 0 Å². The summed E-state index contributed by atoms with van der Waals surface area (Å²) < 4.78 is 5.29. The Morgan fingerprint density at radius 2 is 2.31 bits per heavy atom. The monoisotopic (exact) mass is 226 g/mol. The molecule has 0 radical (unpaired) electrons. The van der Waals surface area contributed by atoms with E-state index in [0.717, 1.165) is 19.3 Å². The van der Waals surface area contributed by atoms with Crippen molar-refractivity contribution >= 4 is 11.8 Å². The molecule has 0 saturated carbocycles. The van der Waals surface area contributed by atoms with Gasteiger partial charge in [-0.05, 0) is 12.8 Å². The number of hydrogen-bond acceptors (Lipinski definition) is 3. The summed E-state index contributed by atoms with van der Waals surface area (Å²) in [5, 5.41) is 2.65. The van der Waals surface area contributed by atoms with Gasteiger partial charge >= 0.3 is 0 Å². The van der Waals surface area contributed by atoms with E-state index in [9.17, 15) is 9.59 Å². The molecule has 2 saturated heterocycles. The Labute approximate surface area is 95.1 Å². The van der Waals surface area contributed by atoms with Gasteiger partial charge in [-0.25, -0.2) is 0 Å². The molecule has 0 spiro atoms. The van der Waals surface area contributed by atoms with Gasteiger partial charge in [0.05, 0.1) is 19.2 Å². The van der Waals surface area contributed by atoms with Crippen LogP contribution in [0.3, 0.4) is 0 Å². The summed E-state index contributed by atoms with van der Waals surface area (Å²) in [6.07, 6.45) is 2.47. The summed E-state index contributed by atoms with van der Waals surface area (Å²) in [7, 11) is 0. The Balaban J connectivity index is 2.13. The predicted molar refractivity (Wildman–Crippen MR) is 57.8 cm³/mol. The van der Waals surface area contributed by atoms with Gasteiger partial charge in [-0.1, -0.05) is 13.3 Å². The number of rotatable bonds is 3. The molecule has 2 aliphatic heterocycles. The van der Waals surface area contributed by atoms with Crippen LogP contribution in [0, 0.1) is 0 Å². The van der Waals surface area contributed by atoms with Crippen molar-refractivity contribution < 1.29 is 14.3 Å². The number of nitrogens with one attached hydrogen (secondary N) is 1. The van der Waals surface area contributed by atoms with Gasteiger partial charge in [-0.3, -0.25) is 9.59 Å². The second-order valence-corrected chi connectivity index (χ2v) is 4.34. The highest BCUT2D eigenvalue weighted by atomic mass is 16.5. The minimum Gasteiger partial charge on any atom is -0.379 e. The molecule has 2 aliphatic rings. The fraction of sp³-hybridized carbons (Fsp3) is 0.818. The fourth-order valence-electron chi connectivity index (χ4n) is 2.42. The van der Waals surface area contributed by atoms with Crippen LogP contribution >= 0.6 is 0 Å². The van der Waals surface area contributed by atoms with Gasteiger partial charge < -0.3 is 15.0 Å². The van der Waals surface area contributed by atoms with E-state index in [2.05, 4.69) is 5.32 Å². The van der Waals surface area contributed by atoms with Crippen molar-refractivity contribution in [3.05, 3.63) is 0 Å². The number of carbonyl (C=O) groups excluding carboxylic acids is 2. The molecule has 0 aliphatic carbocycles. The molecule has 2 atom stereocenters. The Bertz CT molecular complexity index is 287. The first kappa shape index (κ1) is 11.4. The summed E-state index contributed by atoms with van der Waals surface area (Å²) in [6.45, 7) is 3.42. The lowest BCUT2D eigenvalue weighted by Gasteiger charge is -2.38. The quantitative estimate of drug-likeness (QED) is 0.731. The van der Waals surface area contributed by atoms with E-state index in [1.807, 2.05) is 6.92 Å². The van der Waals surface area contributed by atoms with Crippen molar-refractivity contribution in [1.82, 2.24) is 10.2 Å². The molecular weight excluding hydrogens is 208 g/mol. The average Bonchev–Trinajstić information content (AvgIpc) is 2.77. The van der Waals surface area contributed by atoms with Crippen molar-refractivity contribution in [1.29, 1.82) is 0 Å². The molecule has 2 fully saturated rings. The summed E-state index contributed by atoms with van der Waals surface area (Å²) in [6, 6.07) is -0.201. The summed E-state index contributed by atoms with van der Waals surface area (Å²) in [5.74, 6) is 0.00176. The van der Waals surface area contributed by atoms with Gasteiger partial charge in [0.25, 0.3) is 0 Å². The number of hydrogen-bond donors (Lipinski definition) is 1. The zero-order valence-corrected chi connectivity index (χ0v) is 9.57. The van der Waals surface area contributed by atoms with Crippen molar-refractivity contribution in [3.63, 3.8) is 0 Å². The van der Waals surface area contributed by atoms with Crippen LogP contribution in [0.5, 0.6) is 0 Å². The van der Waals surface area contributed by atoms with Crippen LogP contribution in [-0.2, 0) is 14.3 Å². The van der Waals surface area contributed by atoms with Crippen LogP contribution in [-0.4, -0.2) is 48.6 Å². The Morgan fingerprint density at radius 1 is 1.50 bits per heavy atom. The van der Waals surface area contributed by atoms with Crippen molar-refractivity contribution in [2.75, 3.05) is 19.8 Å². The van der Waals surface area contributed by atoms with E-state index in [0.29, 0.717) is 13.2 Å². The average molecular weight is 226 g/mol. The standard InChI is InChI=1S/C11H18N2O3/c1-2-3-9-11(15)12-6-10(14)13(9)8-4-5-16-7-8/h8-9H,2-7H2,1H3,(H,12,15). The molecule has 0 bridgehead atoms. The number of carbonyl (C=O) groups is 2. The van der Waals surface area contributed by atoms with E-state index >= 15 is 0 Å². The highest BCUT2D eigenvalue weighted by Crippen LogP contribution is 2.20. The van der Waals surface area contributed by atoms with Gasteiger partial charge in [0.15, 0.2) is 0 Å². The van der Waals surface area contributed by atoms with E-state index in [1.165, 1.54) is 0 Å².